The second-order valence-corrected chi connectivity index (χ2v) is 8.38. The van der Waals surface area contributed by atoms with Crippen LogP contribution in [0.25, 0.3) is 10.4 Å². The van der Waals surface area contributed by atoms with E-state index in [0.29, 0.717) is 0 Å². The first-order valence-electron chi connectivity index (χ1n) is 6.79. The van der Waals surface area contributed by atoms with Gasteiger partial charge >= 0.3 is 0 Å². The van der Waals surface area contributed by atoms with Crippen LogP contribution >= 0.6 is 23.1 Å². The van der Waals surface area contributed by atoms with Crippen LogP contribution < -0.4 is 5.43 Å². The SMILES string of the molecule is CCSc1cc(=O)cc(-c2ccc(C(C)(C)C)cc2)s1. The summed E-state index contributed by atoms with van der Waals surface area (Å²) in [5.41, 5.74) is 2.69. The summed E-state index contributed by atoms with van der Waals surface area (Å²) in [6.45, 7) is 8.73. The fourth-order valence-electron chi connectivity index (χ4n) is 1.94. The van der Waals surface area contributed by atoms with Gasteiger partial charge in [0.15, 0.2) is 5.43 Å². The molecular formula is C17H20OS2. The first-order valence-corrected chi connectivity index (χ1v) is 8.59. The molecule has 0 radical (unpaired) electrons. The van der Waals surface area contributed by atoms with E-state index in [1.165, 1.54) is 5.56 Å². The molecule has 106 valence electrons. The van der Waals surface area contributed by atoms with Gasteiger partial charge in [0, 0.05) is 17.0 Å². The Kier molecular flexibility index (Phi) is 4.71. The molecule has 0 unspecified atom stereocenters. The van der Waals surface area contributed by atoms with Crippen LogP contribution in [0.1, 0.15) is 33.3 Å². The van der Waals surface area contributed by atoms with Gasteiger partial charge in [-0.2, -0.15) is 0 Å². The van der Waals surface area contributed by atoms with Crippen LogP contribution in [0, 0.1) is 0 Å². The monoisotopic (exact) mass is 304 g/mol. The number of hydrogen-bond donors (Lipinski definition) is 0. The maximum atomic E-state index is 11.8. The van der Waals surface area contributed by atoms with E-state index in [9.17, 15) is 4.79 Å². The normalized spacial score (nSPS) is 11.6. The van der Waals surface area contributed by atoms with E-state index in [4.69, 9.17) is 0 Å². The predicted molar refractivity (Wildman–Crippen MR) is 91.1 cm³/mol. The van der Waals surface area contributed by atoms with Crippen LogP contribution in [0.4, 0.5) is 0 Å². The molecule has 0 N–H and O–H groups in total. The predicted octanol–water partition coefficient (Wildman–Crippen LogP) is 5.18. The second-order valence-electron chi connectivity index (χ2n) is 5.74. The van der Waals surface area contributed by atoms with Gasteiger partial charge < -0.3 is 0 Å². The molecule has 0 amide bonds. The molecule has 0 saturated carbocycles. The lowest BCUT2D eigenvalue weighted by atomic mass is 9.86. The Morgan fingerprint density at radius 1 is 1.10 bits per heavy atom. The highest BCUT2D eigenvalue weighted by Gasteiger charge is 2.13. The molecule has 2 aromatic rings. The first kappa shape index (κ1) is 15.3. The summed E-state index contributed by atoms with van der Waals surface area (Å²) in [6.07, 6.45) is 0. The molecular weight excluding hydrogens is 284 g/mol. The molecule has 0 bridgehead atoms. The maximum absolute atomic E-state index is 11.8. The van der Waals surface area contributed by atoms with Crippen LogP contribution in [0.2, 0.25) is 0 Å². The molecule has 2 rings (SSSR count). The molecule has 0 saturated heterocycles. The zero-order valence-electron chi connectivity index (χ0n) is 12.4. The maximum Gasteiger partial charge on any atom is 0.182 e. The smallest absolute Gasteiger partial charge is 0.182 e. The summed E-state index contributed by atoms with van der Waals surface area (Å²) >= 11 is 3.41. The zero-order chi connectivity index (χ0) is 14.8. The Labute approximate surface area is 129 Å². The molecule has 0 spiro atoms. The summed E-state index contributed by atoms with van der Waals surface area (Å²) < 4.78 is 1.09. The minimum absolute atomic E-state index is 0.0922. The minimum atomic E-state index is 0.0922. The van der Waals surface area contributed by atoms with Gasteiger partial charge in [-0.15, -0.1) is 23.1 Å². The van der Waals surface area contributed by atoms with Crippen LogP contribution in [0.3, 0.4) is 0 Å². The lowest BCUT2D eigenvalue weighted by molar-refractivity contribution is 0.590. The van der Waals surface area contributed by atoms with Crippen LogP contribution in [-0.2, 0) is 5.41 Å². The van der Waals surface area contributed by atoms with Gasteiger partial charge in [0.25, 0.3) is 0 Å². The number of rotatable bonds is 3. The van der Waals surface area contributed by atoms with Crippen molar-refractivity contribution in [3.05, 3.63) is 52.2 Å². The van der Waals surface area contributed by atoms with E-state index >= 15 is 0 Å². The number of thioether (sulfide) groups is 1. The molecule has 0 aliphatic rings. The van der Waals surface area contributed by atoms with Crippen molar-refractivity contribution in [1.29, 1.82) is 0 Å². The van der Waals surface area contributed by atoms with Crippen molar-refractivity contribution in [3.63, 3.8) is 0 Å². The van der Waals surface area contributed by atoms with E-state index in [0.717, 1.165) is 20.4 Å². The molecule has 3 heteroatoms. The number of benzene rings is 1. The van der Waals surface area contributed by atoms with E-state index in [-0.39, 0.29) is 10.8 Å². The highest BCUT2D eigenvalue weighted by Crippen LogP contribution is 2.31. The highest BCUT2D eigenvalue weighted by atomic mass is 32.2. The van der Waals surface area contributed by atoms with Crippen molar-refractivity contribution < 1.29 is 0 Å². The number of hydrogen-bond acceptors (Lipinski definition) is 3. The van der Waals surface area contributed by atoms with Crippen LogP contribution in [-0.4, -0.2) is 5.75 Å². The molecule has 0 fully saturated rings. The lowest BCUT2D eigenvalue weighted by Crippen LogP contribution is -2.10. The standard InChI is InChI=1S/C17H20OS2/c1-5-19-16-11-14(18)10-15(20-16)12-6-8-13(9-7-12)17(2,3)4/h6-11H,5H2,1-4H3. The second kappa shape index (κ2) is 6.15. The molecule has 1 heterocycles. The Hall–Kier alpha value is -1.06. The Balaban J connectivity index is 2.39. The summed E-state index contributed by atoms with van der Waals surface area (Å²) in [7, 11) is 0. The van der Waals surface area contributed by atoms with Gasteiger partial charge in [-0.1, -0.05) is 52.0 Å². The summed E-state index contributed by atoms with van der Waals surface area (Å²) in [5, 5.41) is 0. The van der Waals surface area contributed by atoms with Crippen LogP contribution in [0.5, 0.6) is 0 Å². The fraction of sp³-hybridized carbons (Fsp3) is 0.353. The molecule has 0 atom stereocenters. The molecule has 1 nitrogen and oxygen atoms in total. The summed E-state index contributed by atoms with van der Waals surface area (Å²) in [6, 6.07) is 12.0. The molecule has 0 aliphatic heterocycles. The largest absolute Gasteiger partial charge is 0.290 e. The molecule has 1 aromatic carbocycles. The van der Waals surface area contributed by atoms with Gasteiger partial charge in [-0.05, 0) is 22.3 Å². The van der Waals surface area contributed by atoms with E-state index < -0.39 is 0 Å². The minimum Gasteiger partial charge on any atom is -0.290 e. The topological polar surface area (TPSA) is 17.1 Å². The highest BCUT2D eigenvalue weighted by molar-refractivity contribution is 8.01. The molecule has 0 aliphatic carbocycles. The Bertz CT molecular complexity index is 633. The Morgan fingerprint density at radius 3 is 2.30 bits per heavy atom. The zero-order valence-corrected chi connectivity index (χ0v) is 14.0. The van der Waals surface area contributed by atoms with Crippen LogP contribution in [0.15, 0.2) is 45.4 Å². The third kappa shape index (κ3) is 3.74. The van der Waals surface area contributed by atoms with Gasteiger partial charge in [-0.25, -0.2) is 0 Å². The first-order chi connectivity index (χ1) is 9.40. The van der Waals surface area contributed by atoms with Crippen molar-refractivity contribution >= 4 is 23.1 Å². The van der Waals surface area contributed by atoms with Crippen molar-refractivity contribution in [2.75, 3.05) is 5.75 Å². The average Bonchev–Trinajstić information content (AvgIpc) is 2.37. The van der Waals surface area contributed by atoms with E-state index in [1.54, 1.807) is 35.2 Å². The summed E-state index contributed by atoms with van der Waals surface area (Å²) in [4.78, 5) is 12.8. The van der Waals surface area contributed by atoms with Gasteiger partial charge in [0.05, 0.1) is 4.21 Å². The summed E-state index contributed by atoms with van der Waals surface area (Å²) in [5.74, 6) is 0.988. The lowest BCUT2D eigenvalue weighted by Gasteiger charge is -2.19. The molecule has 1 aromatic heterocycles. The third-order valence-corrected chi connectivity index (χ3v) is 5.25. The third-order valence-electron chi connectivity index (χ3n) is 3.07. The van der Waals surface area contributed by atoms with Crippen molar-refractivity contribution in [3.8, 4) is 10.4 Å². The fourth-order valence-corrected chi connectivity index (χ4v) is 4.11. The van der Waals surface area contributed by atoms with Gasteiger partial charge in [0.1, 0.15) is 0 Å². The quantitative estimate of drug-likeness (QED) is 0.726. The van der Waals surface area contributed by atoms with Crippen molar-refractivity contribution in [2.45, 2.75) is 37.3 Å². The van der Waals surface area contributed by atoms with Crippen molar-refractivity contribution in [1.82, 2.24) is 0 Å². The van der Waals surface area contributed by atoms with Gasteiger partial charge in [0.2, 0.25) is 0 Å². The van der Waals surface area contributed by atoms with E-state index in [1.807, 2.05) is 0 Å². The average molecular weight is 304 g/mol. The molecule has 20 heavy (non-hydrogen) atoms. The Morgan fingerprint density at radius 2 is 1.75 bits per heavy atom. The van der Waals surface area contributed by atoms with Crippen molar-refractivity contribution in [2.24, 2.45) is 0 Å². The van der Waals surface area contributed by atoms with E-state index in [2.05, 4.69) is 52.0 Å². The van der Waals surface area contributed by atoms with Gasteiger partial charge in [-0.3, -0.25) is 4.79 Å².